The van der Waals surface area contributed by atoms with Gasteiger partial charge in [-0.1, -0.05) is 0 Å². The first kappa shape index (κ1) is 14.6. The number of rotatable bonds is 2. The lowest BCUT2D eigenvalue weighted by Gasteiger charge is -2.26. The summed E-state index contributed by atoms with van der Waals surface area (Å²) in [6.45, 7) is 1.78. The lowest BCUT2D eigenvalue weighted by molar-refractivity contribution is -0.124. The van der Waals surface area contributed by atoms with Crippen molar-refractivity contribution in [2.75, 3.05) is 20.1 Å². The van der Waals surface area contributed by atoms with Crippen molar-refractivity contribution in [2.45, 2.75) is 38.5 Å². The summed E-state index contributed by atoms with van der Waals surface area (Å²) in [5.41, 5.74) is 1.21. The second-order valence-corrected chi connectivity index (χ2v) is 7.10. The number of nitrogens with zero attached hydrogens (tertiary/aromatic N) is 1. The van der Waals surface area contributed by atoms with E-state index in [1.807, 2.05) is 11.0 Å². The van der Waals surface area contributed by atoms with Gasteiger partial charge in [-0.05, 0) is 50.2 Å². The Labute approximate surface area is 129 Å². The van der Waals surface area contributed by atoms with E-state index in [2.05, 4.69) is 5.32 Å². The maximum absolute atomic E-state index is 12.5. The lowest BCUT2D eigenvalue weighted by atomic mass is 9.88. The Morgan fingerprint density at radius 3 is 2.76 bits per heavy atom. The van der Waals surface area contributed by atoms with Crippen LogP contribution in [0.15, 0.2) is 6.07 Å². The summed E-state index contributed by atoms with van der Waals surface area (Å²) in [4.78, 5) is 28.5. The van der Waals surface area contributed by atoms with E-state index in [1.165, 1.54) is 16.9 Å². The zero-order valence-electron chi connectivity index (χ0n) is 12.5. The van der Waals surface area contributed by atoms with Crippen LogP contribution in [0.2, 0.25) is 0 Å². The van der Waals surface area contributed by atoms with Gasteiger partial charge >= 0.3 is 0 Å². The van der Waals surface area contributed by atoms with E-state index in [0.29, 0.717) is 0 Å². The highest BCUT2D eigenvalue weighted by molar-refractivity contribution is 7.14. The maximum Gasteiger partial charge on any atom is 0.263 e. The van der Waals surface area contributed by atoms with Gasteiger partial charge < -0.3 is 10.2 Å². The minimum Gasteiger partial charge on any atom is -0.359 e. The summed E-state index contributed by atoms with van der Waals surface area (Å²) in [5.74, 6) is 0.372. The standard InChI is InChI=1S/C16H22N2O2S/c1-17-15(19)11-5-6-13-12(9-11)10-14(21-13)16(20)18-7-3-2-4-8-18/h10-11H,2-9H2,1H3,(H,17,19)/t11-/m1/s1. The van der Waals surface area contributed by atoms with Crippen LogP contribution < -0.4 is 5.32 Å². The number of hydrogen-bond donors (Lipinski definition) is 1. The molecule has 21 heavy (non-hydrogen) atoms. The number of fused-ring (bicyclic) bond motifs is 1. The van der Waals surface area contributed by atoms with Gasteiger partial charge in [-0.2, -0.15) is 0 Å². The van der Waals surface area contributed by atoms with Crippen molar-refractivity contribution < 1.29 is 9.59 Å². The minimum absolute atomic E-state index is 0.0649. The molecule has 0 spiro atoms. The highest BCUT2D eigenvalue weighted by Crippen LogP contribution is 2.33. The van der Waals surface area contributed by atoms with E-state index in [-0.39, 0.29) is 17.7 Å². The molecule has 2 heterocycles. The molecule has 1 saturated heterocycles. The molecule has 1 aliphatic carbocycles. The van der Waals surface area contributed by atoms with Crippen LogP contribution >= 0.6 is 11.3 Å². The third-order valence-electron chi connectivity index (χ3n) is 4.55. The topological polar surface area (TPSA) is 49.4 Å². The van der Waals surface area contributed by atoms with E-state index in [1.54, 1.807) is 18.4 Å². The van der Waals surface area contributed by atoms with Crippen LogP contribution in [0.5, 0.6) is 0 Å². The van der Waals surface area contributed by atoms with Crippen molar-refractivity contribution in [2.24, 2.45) is 5.92 Å². The number of hydrogen-bond acceptors (Lipinski definition) is 3. The third kappa shape index (κ3) is 2.98. The average molecular weight is 306 g/mol. The van der Waals surface area contributed by atoms with Gasteiger partial charge in [-0.25, -0.2) is 0 Å². The third-order valence-corrected chi connectivity index (χ3v) is 5.78. The first-order valence-corrected chi connectivity index (χ1v) is 8.63. The maximum atomic E-state index is 12.5. The van der Waals surface area contributed by atoms with E-state index in [0.717, 1.165) is 50.1 Å². The van der Waals surface area contributed by atoms with Crippen LogP contribution in [0, 0.1) is 5.92 Å². The smallest absolute Gasteiger partial charge is 0.263 e. The molecule has 1 aromatic rings. The average Bonchev–Trinajstić information content (AvgIpc) is 2.97. The molecule has 2 amide bonds. The van der Waals surface area contributed by atoms with Crippen LogP contribution in [0.4, 0.5) is 0 Å². The summed E-state index contributed by atoms with van der Waals surface area (Å²) in [5, 5.41) is 2.74. The number of piperidine rings is 1. The minimum atomic E-state index is 0.0649. The van der Waals surface area contributed by atoms with Gasteiger partial charge in [-0.3, -0.25) is 9.59 Å². The molecule has 114 valence electrons. The Morgan fingerprint density at radius 2 is 2.05 bits per heavy atom. The quantitative estimate of drug-likeness (QED) is 0.911. The van der Waals surface area contributed by atoms with Crippen LogP contribution in [0.1, 0.15) is 45.8 Å². The monoisotopic (exact) mass is 306 g/mol. The fourth-order valence-corrected chi connectivity index (χ4v) is 4.49. The highest BCUT2D eigenvalue weighted by Gasteiger charge is 2.28. The molecule has 0 bridgehead atoms. The zero-order valence-corrected chi connectivity index (χ0v) is 13.3. The Bertz CT molecular complexity index is 546. The number of aryl methyl sites for hydroxylation is 1. The van der Waals surface area contributed by atoms with Crippen molar-refractivity contribution in [3.63, 3.8) is 0 Å². The summed E-state index contributed by atoms with van der Waals surface area (Å²) >= 11 is 1.64. The second kappa shape index (κ2) is 6.18. The van der Waals surface area contributed by atoms with Crippen LogP contribution in [0.25, 0.3) is 0 Å². The normalized spacial score (nSPS) is 21.8. The van der Waals surface area contributed by atoms with Crippen molar-refractivity contribution in [3.05, 3.63) is 21.4 Å². The van der Waals surface area contributed by atoms with Crippen LogP contribution in [-0.4, -0.2) is 36.9 Å². The van der Waals surface area contributed by atoms with Gasteiger partial charge in [0, 0.05) is 30.9 Å². The number of amides is 2. The molecule has 0 aromatic carbocycles. The summed E-state index contributed by atoms with van der Waals surface area (Å²) < 4.78 is 0. The molecule has 4 nitrogen and oxygen atoms in total. The number of carbonyl (C=O) groups is 2. The van der Waals surface area contributed by atoms with E-state index in [9.17, 15) is 9.59 Å². The molecular weight excluding hydrogens is 284 g/mol. The number of thiophene rings is 1. The molecule has 3 rings (SSSR count). The SMILES string of the molecule is CNC(=O)[C@@H]1CCc2sc(C(=O)N3CCCCC3)cc2C1. The highest BCUT2D eigenvalue weighted by atomic mass is 32.1. The van der Waals surface area contributed by atoms with Crippen molar-refractivity contribution >= 4 is 23.2 Å². The molecule has 1 aliphatic heterocycles. The fourth-order valence-electron chi connectivity index (χ4n) is 3.31. The predicted molar refractivity (Wildman–Crippen MR) is 83.7 cm³/mol. The van der Waals surface area contributed by atoms with Gasteiger partial charge in [-0.15, -0.1) is 11.3 Å². The molecule has 0 saturated carbocycles. The van der Waals surface area contributed by atoms with Gasteiger partial charge in [0.1, 0.15) is 0 Å². The number of carbonyl (C=O) groups excluding carboxylic acids is 2. The van der Waals surface area contributed by atoms with Gasteiger partial charge in [0.15, 0.2) is 0 Å². The first-order chi connectivity index (χ1) is 10.2. The molecule has 1 aromatic heterocycles. The van der Waals surface area contributed by atoms with Crippen molar-refractivity contribution in [3.8, 4) is 0 Å². The molecule has 0 radical (unpaired) electrons. The Morgan fingerprint density at radius 1 is 1.29 bits per heavy atom. The van der Waals surface area contributed by atoms with E-state index in [4.69, 9.17) is 0 Å². The molecule has 5 heteroatoms. The Hall–Kier alpha value is -1.36. The van der Waals surface area contributed by atoms with E-state index >= 15 is 0 Å². The molecule has 1 atom stereocenters. The first-order valence-electron chi connectivity index (χ1n) is 7.81. The number of likely N-dealkylation sites (tertiary alicyclic amines) is 1. The Balaban J connectivity index is 1.74. The molecule has 2 aliphatic rings. The molecule has 0 unspecified atom stereocenters. The molecule has 1 N–H and O–H groups in total. The predicted octanol–water partition coefficient (Wildman–Crippen LogP) is 2.23. The summed E-state index contributed by atoms with van der Waals surface area (Å²) in [6, 6.07) is 2.03. The second-order valence-electron chi connectivity index (χ2n) is 5.97. The zero-order chi connectivity index (χ0) is 14.8. The summed E-state index contributed by atoms with van der Waals surface area (Å²) in [6.07, 6.45) is 6.07. The molecular formula is C16H22N2O2S. The fraction of sp³-hybridized carbons (Fsp3) is 0.625. The van der Waals surface area contributed by atoms with E-state index < -0.39 is 0 Å². The van der Waals surface area contributed by atoms with Gasteiger partial charge in [0.2, 0.25) is 5.91 Å². The Kier molecular flexibility index (Phi) is 4.29. The van der Waals surface area contributed by atoms with Gasteiger partial charge in [0.25, 0.3) is 5.91 Å². The number of nitrogens with one attached hydrogen (secondary N) is 1. The largest absolute Gasteiger partial charge is 0.359 e. The van der Waals surface area contributed by atoms with Crippen molar-refractivity contribution in [1.29, 1.82) is 0 Å². The lowest BCUT2D eigenvalue weighted by Crippen LogP contribution is -2.35. The molecule has 1 fully saturated rings. The van der Waals surface area contributed by atoms with Gasteiger partial charge in [0.05, 0.1) is 4.88 Å². The summed E-state index contributed by atoms with van der Waals surface area (Å²) in [7, 11) is 1.69. The van der Waals surface area contributed by atoms with Crippen LogP contribution in [0.3, 0.4) is 0 Å². The van der Waals surface area contributed by atoms with Crippen molar-refractivity contribution in [1.82, 2.24) is 10.2 Å². The van der Waals surface area contributed by atoms with Crippen LogP contribution in [-0.2, 0) is 17.6 Å².